The zero-order valence-electron chi connectivity index (χ0n) is 11.9. The Kier molecular flexibility index (Phi) is 10.9. The highest BCUT2D eigenvalue weighted by Gasteiger charge is 2.09. The summed E-state index contributed by atoms with van der Waals surface area (Å²) in [6.07, 6.45) is 11.0. The van der Waals surface area contributed by atoms with E-state index in [9.17, 15) is 13.2 Å². The molecule has 0 aliphatic heterocycles. The van der Waals surface area contributed by atoms with E-state index in [1.54, 1.807) is 0 Å². The topological polar surface area (TPSA) is 86.5 Å². The number of nitrogens with two attached hydrogens (primary N) is 1. The lowest BCUT2D eigenvalue weighted by Crippen LogP contribution is -2.10. The summed E-state index contributed by atoms with van der Waals surface area (Å²) >= 11 is 0. The molecule has 0 unspecified atom stereocenters. The molecule has 0 atom stereocenters. The second-order valence-electron chi connectivity index (χ2n) is 4.88. The molecular weight excluding hydrogens is 266 g/mol. The molecule has 0 fully saturated rings. The second kappa shape index (κ2) is 11.2. The van der Waals surface area contributed by atoms with Gasteiger partial charge < -0.3 is 9.92 Å². The second-order valence-corrected chi connectivity index (χ2v) is 6.46. The van der Waals surface area contributed by atoms with Gasteiger partial charge in [0.05, 0.1) is 6.26 Å². The Morgan fingerprint density at radius 1 is 0.895 bits per heavy atom. The number of carbonyl (C=O) groups is 1. The highest BCUT2D eigenvalue weighted by Crippen LogP contribution is 2.10. The van der Waals surface area contributed by atoms with Crippen molar-refractivity contribution in [3.8, 4) is 0 Å². The molecule has 5 nitrogen and oxygen atoms in total. The third kappa shape index (κ3) is 15.3. The van der Waals surface area contributed by atoms with Crippen LogP contribution in [0, 0.1) is 0 Å². The van der Waals surface area contributed by atoms with Crippen molar-refractivity contribution < 1.29 is 17.4 Å². The first kappa shape index (κ1) is 18.4. The van der Waals surface area contributed by atoms with Gasteiger partial charge in [-0.1, -0.05) is 44.9 Å². The summed E-state index contributed by atoms with van der Waals surface area (Å²) < 4.78 is 25.6. The predicted molar refractivity (Wildman–Crippen MR) is 76.2 cm³/mol. The Morgan fingerprint density at radius 3 is 1.74 bits per heavy atom. The summed E-state index contributed by atoms with van der Waals surface area (Å²) in [5.41, 5.74) is 5.41. The Bertz CT molecular complexity index is 328. The quantitative estimate of drug-likeness (QED) is 0.441. The maximum atomic E-state index is 11.1. The smallest absolute Gasteiger partial charge is 0.322 e. The van der Waals surface area contributed by atoms with E-state index in [0.29, 0.717) is 6.42 Å². The molecule has 0 saturated carbocycles. The van der Waals surface area contributed by atoms with Crippen molar-refractivity contribution >= 4 is 16.1 Å². The summed E-state index contributed by atoms with van der Waals surface area (Å²) in [6, 6.07) is 0. The molecule has 0 rings (SSSR count). The molecule has 0 aromatic rings. The Labute approximate surface area is 117 Å². The van der Waals surface area contributed by atoms with Gasteiger partial charge in [-0.2, -0.15) is 8.42 Å². The predicted octanol–water partition coefficient (Wildman–Crippen LogP) is 2.35. The van der Waals surface area contributed by atoms with Crippen LogP contribution in [0.1, 0.15) is 64.2 Å². The van der Waals surface area contributed by atoms with E-state index < -0.39 is 16.1 Å². The van der Waals surface area contributed by atoms with Gasteiger partial charge in [-0.3, -0.25) is 4.79 Å². The first-order valence-electron chi connectivity index (χ1n) is 7.08. The molecule has 0 heterocycles. The van der Waals surface area contributed by atoms with Crippen LogP contribution in [0.2, 0.25) is 0 Å². The molecule has 19 heavy (non-hydrogen) atoms. The van der Waals surface area contributed by atoms with E-state index in [1.807, 2.05) is 0 Å². The SMILES string of the molecule is CS(=O)(=O)OC(=O)CCCCCCCCCCCN. The molecule has 114 valence electrons. The number of carbonyl (C=O) groups excluding carboxylic acids is 1. The minimum absolute atomic E-state index is 0.184. The summed E-state index contributed by atoms with van der Waals surface area (Å²) in [5.74, 6) is -0.649. The van der Waals surface area contributed by atoms with Crippen molar-refractivity contribution in [2.45, 2.75) is 64.2 Å². The highest BCUT2D eigenvalue weighted by atomic mass is 32.2. The molecule has 0 aliphatic rings. The van der Waals surface area contributed by atoms with Crippen LogP contribution in [0.5, 0.6) is 0 Å². The monoisotopic (exact) mass is 293 g/mol. The third-order valence-electron chi connectivity index (χ3n) is 2.83. The summed E-state index contributed by atoms with van der Waals surface area (Å²) in [4.78, 5) is 11.1. The third-order valence-corrected chi connectivity index (χ3v) is 3.32. The number of unbranched alkanes of at least 4 members (excludes halogenated alkanes) is 8. The van der Waals surface area contributed by atoms with Crippen LogP contribution in [-0.4, -0.2) is 27.2 Å². The Balaban J connectivity index is 3.25. The van der Waals surface area contributed by atoms with Crippen molar-refractivity contribution in [1.82, 2.24) is 0 Å². The normalized spacial score (nSPS) is 11.5. The molecule has 0 aromatic carbocycles. The van der Waals surface area contributed by atoms with E-state index in [4.69, 9.17) is 5.73 Å². The van der Waals surface area contributed by atoms with E-state index in [2.05, 4.69) is 4.18 Å². The van der Waals surface area contributed by atoms with Crippen LogP contribution in [-0.2, 0) is 19.1 Å². The fraction of sp³-hybridized carbons (Fsp3) is 0.923. The summed E-state index contributed by atoms with van der Waals surface area (Å²) in [5, 5.41) is 0. The molecule has 0 aliphatic carbocycles. The van der Waals surface area contributed by atoms with Gasteiger partial charge in [0.25, 0.3) is 0 Å². The van der Waals surface area contributed by atoms with Crippen LogP contribution >= 0.6 is 0 Å². The average molecular weight is 293 g/mol. The van der Waals surface area contributed by atoms with Crippen molar-refractivity contribution in [2.24, 2.45) is 5.73 Å². The van der Waals surface area contributed by atoms with Gasteiger partial charge in [-0.25, -0.2) is 0 Å². The summed E-state index contributed by atoms with van der Waals surface area (Å²) in [7, 11) is -3.64. The number of hydrogen-bond donors (Lipinski definition) is 1. The van der Waals surface area contributed by atoms with Crippen LogP contribution in [0.15, 0.2) is 0 Å². The van der Waals surface area contributed by atoms with Gasteiger partial charge >= 0.3 is 16.1 Å². The van der Waals surface area contributed by atoms with E-state index >= 15 is 0 Å². The van der Waals surface area contributed by atoms with Crippen molar-refractivity contribution in [1.29, 1.82) is 0 Å². The maximum Gasteiger partial charge on any atom is 0.322 e. The molecule has 0 aromatic heterocycles. The highest BCUT2D eigenvalue weighted by molar-refractivity contribution is 7.86. The molecule has 0 saturated heterocycles. The molecule has 0 spiro atoms. The molecule has 6 heteroatoms. The zero-order valence-corrected chi connectivity index (χ0v) is 12.7. The van der Waals surface area contributed by atoms with Crippen molar-refractivity contribution in [2.75, 3.05) is 12.8 Å². The molecule has 0 amide bonds. The Morgan fingerprint density at radius 2 is 1.32 bits per heavy atom. The van der Waals surface area contributed by atoms with Crippen LogP contribution in [0.3, 0.4) is 0 Å². The van der Waals surface area contributed by atoms with Gasteiger partial charge in [-0.05, 0) is 19.4 Å². The molecule has 0 bridgehead atoms. The number of rotatable bonds is 12. The van der Waals surface area contributed by atoms with Gasteiger partial charge in [0.2, 0.25) is 0 Å². The molecule has 2 N–H and O–H groups in total. The minimum Gasteiger partial charge on any atom is -0.346 e. The standard InChI is InChI=1S/C13H27NO4S/c1-19(16,17)18-13(15)11-9-7-5-3-2-4-6-8-10-12-14/h2-12,14H2,1H3. The van der Waals surface area contributed by atoms with Gasteiger partial charge in [-0.15, -0.1) is 0 Å². The van der Waals surface area contributed by atoms with Gasteiger partial charge in [0, 0.05) is 6.42 Å². The van der Waals surface area contributed by atoms with Crippen LogP contribution in [0.25, 0.3) is 0 Å². The lowest BCUT2D eigenvalue weighted by Gasteiger charge is -2.02. The van der Waals surface area contributed by atoms with Gasteiger partial charge in [0.1, 0.15) is 0 Å². The fourth-order valence-corrected chi connectivity index (χ4v) is 2.28. The molecule has 0 radical (unpaired) electrons. The lowest BCUT2D eigenvalue weighted by atomic mass is 10.1. The first-order chi connectivity index (χ1) is 8.95. The first-order valence-corrected chi connectivity index (χ1v) is 8.89. The largest absolute Gasteiger partial charge is 0.346 e. The van der Waals surface area contributed by atoms with E-state index in [0.717, 1.165) is 32.1 Å². The Hall–Kier alpha value is -0.620. The molecular formula is C13H27NO4S. The van der Waals surface area contributed by atoms with E-state index in [-0.39, 0.29) is 6.42 Å². The van der Waals surface area contributed by atoms with Gasteiger partial charge in [0.15, 0.2) is 0 Å². The average Bonchev–Trinajstić information content (AvgIpc) is 2.29. The fourth-order valence-electron chi connectivity index (χ4n) is 1.86. The zero-order chi connectivity index (χ0) is 14.6. The van der Waals surface area contributed by atoms with Crippen molar-refractivity contribution in [3.05, 3.63) is 0 Å². The minimum atomic E-state index is -3.64. The van der Waals surface area contributed by atoms with Crippen LogP contribution in [0.4, 0.5) is 0 Å². The maximum absolute atomic E-state index is 11.1. The van der Waals surface area contributed by atoms with Crippen molar-refractivity contribution in [3.63, 3.8) is 0 Å². The van der Waals surface area contributed by atoms with Crippen LogP contribution < -0.4 is 5.73 Å². The number of hydrogen-bond acceptors (Lipinski definition) is 5. The summed E-state index contributed by atoms with van der Waals surface area (Å²) in [6.45, 7) is 0.781. The van der Waals surface area contributed by atoms with E-state index in [1.165, 1.54) is 32.1 Å². The lowest BCUT2D eigenvalue weighted by molar-refractivity contribution is -0.133.